The summed E-state index contributed by atoms with van der Waals surface area (Å²) >= 11 is 0. The maximum atomic E-state index is 14.3. The lowest BCUT2D eigenvalue weighted by atomic mass is 10.0. The van der Waals surface area contributed by atoms with Crippen molar-refractivity contribution in [3.8, 4) is 12.3 Å². The lowest BCUT2D eigenvalue weighted by Crippen LogP contribution is -2.29. The molecule has 1 aromatic carbocycles. The molecule has 0 bridgehead atoms. The van der Waals surface area contributed by atoms with Crippen molar-refractivity contribution in [3.63, 3.8) is 0 Å². The number of benzene rings is 1. The molecule has 0 aromatic heterocycles. The molecular weight excluding hydrogens is 251 g/mol. The molecule has 1 aromatic rings. The monoisotopic (exact) mass is 276 g/mol. The molecule has 0 amide bonds. The van der Waals surface area contributed by atoms with E-state index in [1.54, 1.807) is 6.07 Å². The first-order chi connectivity index (χ1) is 9.65. The summed E-state index contributed by atoms with van der Waals surface area (Å²) in [6.07, 6.45) is 7.41. The average molecular weight is 276 g/mol. The Labute approximate surface area is 122 Å². The minimum Gasteiger partial charge on any atom is -0.358 e. The van der Waals surface area contributed by atoms with Crippen molar-refractivity contribution in [1.29, 1.82) is 0 Å². The van der Waals surface area contributed by atoms with Gasteiger partial charge in [0.2, 0.25) is 0 Å². The molecule has 0 aliphatic heterocycles. The molecule has 0 saturated heterocycles. The van der Waals surface area contributed by atoms with Crippen LogP contribution in [0.25, 0.3) is 0 Å². The van der Waals surface area contributed by atoms with Crippen LogP contribution in [0.1, 0.15) is 45.2 Å². The molecule has 0 heterocycles. The summed E-state index contributed by atoms with van der Waals surface area (Å²) in [5, 5.41) is 3.41. The summed E-state index contributed by atoms with van der Waals surface area (Å²) in [4.78, 5) is 1.95. The minimum atomic E-state index is -0.198. The van der Waals surface area contributed by atoms with E-state index in [1.807, 2.05) is 11.0 Å². The van der Waals surface area contributed by atoms with Crippen molar-refractivity contribution >= 4 is 5.69 Å². The lowest BCUT2D eigenvalue weighted by Gasteiger charge is -2.27. The highest BCUT2D eigenvalue weighted by Gasteiger charge is 2.18. The van der Waals surface area contributed by atoms with Crippen molar-refractivity contribution in [3.05, 3.63) is 29.6 Å². The Balaban J connectivity index is 3.11. The first kappa shape index (κ1) is 16.5. The second kappa shape index (κ2) is 8.60. The number of para-hydroxylation sites is 1. The second-order valence-electron chi connectivity index (χ2n) is 4.98. The molecule has 110 valence electrons. The Bertz CT molecular complexity index is 451. The molecule has 2 nitrogen and oxygen atoms in total. The molecule has 3 heteroatoms. The van der Waals surface area contributed by atoms with Gasteiger partial charge < -0.3 is 10.2 Å². The standard InChI is InChI=1S/C17H25FN2/c1-5-11-19-14(4)15-9-8-10-16(18)17(15)20(12-6-2)13-7-3/h2,8-10,14,19H,5,7,11-13H2,1,3-4H3. The Hall–Kier alpha value is -1.53. The normalized spacial score (nSPS) is 11.9. The van der Waals surface area contributed by atoms with Crippen LogP contribution in [0, 0.1) is 18.2 Å². The van der Waals surface area contributed by atoms with Crippen molar-refractivity contribution in [2.24, 2.45) is 0 Å². The second-order valence-corrected chi connectivity index (χ2v) is 4.98. The van der Waals surface area contributed by atoms with Gasteiger partial charge in [0.15, 0.2) is 0 Å². The molecule has 0 aliphatic rings. The van der Waals surface area contributed by atoms with Gasteiger partial charge in [-0.3, -0.25) is 0 Å². The van der Waals surface area contributed by atoms with Gasteiger partial charge in [-0.2, -0.15) is 0 Å². The van der Waals surface area contributed by atoms with E-state index in [0.717, 1.165) is 31.5 Å². The van der Waals surface area contributed by atoms with Gasteiger partial charge in [-0.15, -0.1) is 6.42 Å². The smallest absolute Gasteiger partial charge is 0.146 e. The van der Waals surface area contributed by atoms with Crippen LogP contribution in [-0.2, 0) is 0 Å². The number of nitrogens with one attached hydrogen (secondary N) is 1. The number of anilines is 1. The summed E-state index contributed by atoms with van der Waals surface area (Å²) in [5.41, 5.74) is 1.62. The third-order valence-corrected chi connectivity index (χ3v) is 3.28. The van der Waals surface area contributed by atoms with Gasteiger partial charge in [-0.05, 0) is 37.9 Å². The van der Waals surface area contributed by atoms with Crippen molar-refractivity contribution in [2.75, 3.05) is 24.5 Å². The third kappa shape index (κ3) is 4.25. The molecule has 1 atom stereocenters. The highest BCUT2D eigenvalue weighted by Crippen LogP contribution is 2.29. The minimum absolute atomic E-state index is 0.109. The summed E-state index contributed by atoms with van der Waals surface area (Å²) in [6.45, 7) is 8.37. The van der Waals surface area contributed by atoms with Gasteiger partial charge in [0.05, 0.1) is 12.2 Å². The predicted octanol–water partition coefficient (Wildman–Crippen LogP) is 3.74. The van der Waals surface area contributed by atoms with Crippen LogP contribution >= 0.6 is 0 Å². The zero-order chi connectivity index (χ0) is 15.0. The first-order valence-electron chi connectivity index (χ1n) is 7.35. The summed E-state index contributed by atoms with van der Waals surface area (Å²) < 4.78 is 14.3. The van der Waals surface area contributed by atoms with Gasteiger partial charge in [0.1, 0.15) is 5.82 Å². The quantitative estimate of drug-likeness (QED) is 0.728. The first-order valence-corrected chi connectivity index (χ1v) is 7.35. The number of hydrogen-bond acceptors (Lipinski definition) is 2. The van der Waals surface area contributed by atoms with E-state index >= 15 is 0 Å². The molecule has 0 radical (unpaired) electrons. The van der Waals surface area contributed by atoms with Crippen LogP contribution < -0.4 is 10.2 Å². The predicted molar refractivity (Wildman–Crippen MR) is 84.4 cm³/mol. The zero-order valence-corrected chi connectivity index (χ0v) is 12.7. The molecule has 0 fully saturated rings. The molecule has 0 aliphatic carbocycles. The molecule has 20 heavy (non-hydrogen) atoms. The molecule has 1 N–H and O–H groups in total. The van der Waals surface area contributed by atoms with Gasteiger partial charge in [-0.25, -0.2) is 4.39 Å². The van der Waals surface area contributed by atoms with E-state index in [0.29, 0.717) is 12.2 Å². The van der Waals surface area contributed by atoms with E-state index in [-0.39, 0.29) is 11.9 Å². The topological polar surface area (TPSA) is 15.3 Å². The van der Waals surface area contributed by atoms with E-state index in [4.69, 9.17) is 6.42 Å². The summed E-state index contributed by atoms with van der Waals surface area (Å²) in [7, 11) is 0. The molecule has 0 saturated carbocycles. The largest absolute Gasteiger partial charge is 0.358 e. The van der Waals surface area contributed by atoms with Crippen LogP contribution in [0.4, 0.5) is 10.1 Å². The number of nitrogens with zero attached hydrogens (tertiary/aromatic N) is 1. The van der Waals surface area contributed by atoms with Crippen molar-refractivity contribution < 1.29 is 4.39 Å². The number of halogens is 1. The molecule has 1 rings (SSSR count). The highest BCUT2D eigenvalue weighted by atomic mass is 19.1. The van der Waals surface area contributed by atoms with Gasteiger partial charge in [0.25, 0.3) is 0 Å². The molecule has 0 spiro atoms. The summed E-state index contributed by atoms with van der Waals surface area (Å²) in [6, 6.07) is 5.35. The van der Waals surface area contributed by atoms with Crippen LogP contribution in [0.15, 0.2) is 18.2 Å². The fraction of sp³-hybridized carbons (Fsp3) is 0.529. The lowest BCUT2D eigenvalue weighted by molar-refractivity contribution is 0.559. The highest BCUT2D eigenvalue weighted by molar-refractivity contribution is 5.57. The molecular formula is C17H25FN2. The van der Waals surface area contributed by atoms with E-state index in [9.17, 15) is 4.39 Å². The van der Waals surface area contributed by atoms with Gasteiger partial charge in [0, 0.05) is 12.6 Å². The van der Waals surface area contributed by atoms with Crippen LogP contribution in [0.3, 0.4) is 0 Å². The number of hydrogen-bond donors (Lipinski definition) is 1. The number of terminal acetylenes is 1. The Morgan fingerprint density at radius 3 is 2.70 bits per heavy atom. The summed E-state index contributed by atoms with van der Waals surface area (Å²) in [5.74, 6) is 2.43. The maximum Gasteiger partial charge on any atom is 0.146 e. The fourth-order valence-corrected chi connectivity index (χ4v) is 2.34. The van der Waals surface area contributed by atoms with E-state index in [1.165, 1.54) is 6.07 Å². The zero-order valence-electron chi connectivity index (χ0n) is 12.7. The third-order valence-electron chi connectivity index (χ3n) is 3.28. The van der Waals surface area contributed by atoms with Crippen molar-refractivity contribution in [1.82, 2.24) is 5.32 Å². The SMILES string of the molecule is C#CCN(CCC)c1c(F)cccc1C(C)NCCC. The van der Waals surface area contributed by atoms with Crippen molar-refractivity contribution in [2.45, 2.75) is 39.7 Å². The Kier molecular flexibility index (Phi) is 7.11. The number of rotatable bonds is 8. The van der Waals surface area contributed by atoms with E-state index < -0.39 is 0 Å². The maximum absolute atomic E-state index is 14.3. The van der Waals surface area contributed by atoms with Gasteiger partial charge in [-0.1, -0.05) is 31.9 Å². The van der Waals surface area contributed by atoms with Crippen LogP contribution in [-0.4, -0.2) is 19.6 Å². The Morgan fingerprint density at radius 2 is 2.10 bits per heavy atom. The van der Waals surface area contributed by atoms with E-state index in [2.05, 4.69) is 32.0 Å². The van der Waals surface area contributed by atoms with Gasteiger partial charge >= 0.3 is 0 Å². The fourth-order valence-electron chi connectivity index (χ4n) is 2.34. The Morgan fingerprint density at radius 1 is 1.35 bits per heavy atom. The van der Waals surface area contributed by atoms with Crippen LogP contribution in [0.5, 0.6) is 0 Å². The van der Waals surface area contributed by atoms with Crippen LogP contribution in [0.2, 0.25) is 0 Å². The molecule has 1 unspecified atom stereocenters. The average Bonchev–Trinajstić information content (AvgIpc) is 2.44.